The van der Waals surface area contributed by atoms with Gasteiger partial charge in [-0.25, -0.2) is 4.79 Å². The number of imide groups is 1. The Hall–Kier alpha value is -2.85. The number of nitrogens with one attached hydrogen (secondary N) is 2. The Labute approximate surface area is 134 Å². The highest BCUT2D eigenvalue weighted by atomic mass is 16.5. The van der Waals surface area contributed by atoms with Crippen LogP contribution in [0.1, 0.15) is 12.5 Å². The zero-order valence-corrected chi connectivity index (χ0v) is 12.8. The summed E-state index contributed by atoms with van der Waals surface area (Å²) in [5.41, 5.74) is 0.714. The second kappa shape index (κ2) is 9.97. The summed E-state index contributed by atoms with van der Waals surface area (Å²) in [4.78, 5) is 22.9. The number of aliphatic hydroxyl groups excluding tert-OH is 1. The van der Waals surface area contributed by atoms with Crippen LogP contribution in [0, 0.1) is 11.3 Å². The van der Waals surface area contributed by atoms with Crippen LogP contribution in [0.25, 0.3) is 0 Å². The molecule has 2 amide bonds. The van der Waals surface area contributed by atoms with Crippen molar-refractivity contribution in [3.05, 3.63) is 47.7 Å². The average Bonchev–Trinajstić information content (AvgIpc) is 2.55. The van der Waals surface area contributed by atoms with Crippen LogP contribution >= 0.6 is 0 Å². The van der Waals surface area contributed by atoms with Crippen LogP contribution in [0.4, 0.5) is 4.79 Å². The first-order valence-corrected chi connectivity index (χ1v) is 7.09. The number of amides is 2. The highest BCUT2D eigenvalue weighted by Gasteiger charge is 2.14. The number of carbonyl (C=O) groups is 2. The number of carbonyl (C=O) groups excluding carboxylic acids is 2. The molecule has 0 spiro atoms. The summed E-state index contributed by atoms with van der Waals surface area (Å²) in [7, 11) is 0. The molecule has 0 aliphatic rings. The van der Waals surface area contributed by atoms with Gasteiger partial charge in [-0.05, 0) is 18.9 Å². The molecule has 0 aliphatic heterocycles. The minimum atomic E-state index is -0.915. The van der Waals surface area contributed by atoms with Crippen LogP contribution in [-0.2, 0) is 16.0 Å². The highest BCUT2D eigenvalue weighted by molar-refractivity contribution is 6.04. The lowest BCUT2D eigenvalue weighted by Gasteiger charge is -2.15. The van der Waals surface area contributed by atoms with Crippen LogP contribution < -0.4 is 10.6 Å². The van der Waals surface area contributed by atoms with Crippen LogP contribution in [0.3, 0.4) is 0 Å². The van der Waals surface area contributed by atoms with Gasteiger partial charge in [0.25, 0.3) is 5.91 Å². The van der Waals surface area contributed by atoms with Gasteiger partial charge in [-0.2, -0.15) is 5.26 Å². The zero-order valence-electron chi connectivity index (χ0n) is 12.8. The molecule has 1 atom stereocenters. The molecule has 3 N–H and O–H groups in total. The van der Waals surface area contributed by atoms with E-state index in [1.807, 2.05) is 35.6 Å². The van der Waals surface area contributed by atoms with Crippen molar-refractivity contribution in [2.24, 2.45) is 0 Å². The summed E-state index contributed by atoms with van der Waals surface area (Å²) in [5, 5.41) is 23.1. The van der Waals surface area contributed by atoms with Gasteiger partial charge < -0.3 is 15.2 Å². The summed E-state index contributed by atoms with van der Waals surface area (Å²) in [6.07, 6.45) is 0.784. The molecule has 122 valence electrons. The fourth-order valence-corrected chi connectivity index (χ4v) is 1.75. The van der Waals surface area contributed by atoms with E-state index in [2.05, 4.69) is 10.1 Å². The summed E-state index contributed by atoms with van der Waals surface area (Å²) < 4.78 is 4.57. The topological polar surface area (TPSA) is 111 Å². The molecule has 0 radical (unpaired) electrons. The largest absolute Gasteiger partial charge is 0.450 e. The SMILES string of the molecule is CCOC(=O)NC(=O)/C(C#N)=C/NC(CO)Cc1ccccc1. The van der Waals surface area contributed by atoms with Crippen molar-refractivity contribution < 1.29 is 19.4 Å². The zero-order chi connectivity index (χ0) is 17.1. The van der Waals surface area contributed by atoms with E-state index in [0.29, 0.717) is 6.42 Å². The van der Waals surface area contributed by atoms with Gasteiger partial charge in [0.2, 0.25) is 0 Å². The quantitative estimate of drug-likeness (QED) is 0.508. The molecular formula is C16H19N3O4. The standard InChI is InChI=1S/C16H19N3O4/c1-2-23-16(22)19-15(21)13(9-17)10-18-14(11-20)8-12-6-4-3-5-7-12/h3-7,10,14,18,20H,2,8,11H2,1H3,(H,19,21,22)/b13-10+. The molecule has 0 aliphatic carbocycles. The number of nitriles is 1. The van der Waals surface area contributed by atoms with E-state index < -0.39 is 12.0 Å². The van der Waals surface area contributed by atoms with E-state index in [1.54, 1.807) is 13.0 Å². The minimum Gasteiger partial charge on any atom is -0.450 e. The van der Waals surface area contributed by atoms with Crippen molar-refractivity contribution >= 4 is 12.0 Å². The number of rotatable bonds is 7. The van der Waals surface area contributed by atoms with Crippen molar-refractivity contribution in [1.82, 2.24) is 10.6 Å². The molecule has 0 heterocycles. The predicted octanol–water partition coefficient (Wildman–Crippen LogP) is 0.860. The van der Waals surface area contributed by atoms with Gasteiger partial charge in [0.15, 0.2) is 0 Å². The van der Waals surface area contributed by atoms with Gasteiger partial charge in [0, 0.05) is 6.20 Å². The molecule has 0 saturated heterocycles. The Balaban J connectivity index is 2.64. The van der Waals surface area contributed by atoms with Gasteiger partial charge in [0.1, 0.15) is 11.6 Å². The van der Waals surface area contributed by atoms with Crippen molar-refractivity contribution in [1.29, 1.82) is 5.26 Å². The number of nitrogens with zero attached hydrogens (tertiary/aromatic N) is 1. The van der Waals surface area contributed by atoms with E-state index in [1.165, 1.54) is 6.20 Å². The number of hydrogen-bond donors (Lipinski definition) is 3. The Bertz CT molecular complexity index is 593. The Morgan fingerprint density at radius 3 is 2.65 bits per heavy atom. The smallest absolute Gasteiger partial charge is 0.414 e. The van der Waals surface area contributed by atoms with E-state index in [0.717, 1.165) is 5.56 Å². The molecule has 1 unspecified atom stereocenters. The molecule has 1 aromatic rings. The van der Waals surface area contributed by atoms with Crippen molar-refractivity contribution in [3.63, 3.8) is 0 Å². The van der Waals surface area contributed by atoms with Crippen LogP contribution in [0.2, 0.25) is 0 Å². The third kappa shape index (κ3) is 6.63. The lowest BCUT2D eigenvalue weighted by Crippen LogP contribution is -2.34. The third-order valence-electron chi connectivity index (χ3n) is 2.86. The predicted molar refractivity (Wildman–Crippen MR) is 83.0 cm³/mol. The lowest BCUT2D eigenvalue weighted by atomic mass is 10.1. The fraction of sp³-hybridized carbons (Fsp3) is 0.312. The van der Waals surface area contributed by atoms with E-state index in [4.69, 9.17) is 5.26 Å². The summed E-state index contributed by atoms with van der Waals surface area (Å²) in [6, 6.07) is 10.8. The first-order chi connectivity index (χ1) is 11.1. The number of alkyl carbamates (subject to hydrolysis) is 1. The van der Waals surface area contributed by atoms with Gasteiger partial charge in [-0.3, -0.25) is 10.1 Å². The molecule has 0 saturated carbocycles. The van der Waals surface area contributed by atoms with E-state index >= 15 is 0 Å². The summed E-state index contributed by atoms with van der Waals surface area (Å²) in [6.45, 7) is 1.54. The first kappa shape index (κ1) is 18.2. The van der Waals surface area contributed by atoms with E-state index in [9.17, 15) is 14.7 Å². The van der Waals surface area contributed by atoms with Crippen LogP contribution in [0.15, 0.2) is 42.1 Å². The first-order valence-electron chi connectivity index (χ1n) is 7.09. The molecule has 0 fully saturated rings. The Kier molecular flexibility index (Phi) is 7.89. The molecule has 0 aromatic heterocycles. The number of hydrogen-bond acceptors (Lipinski definition) is 6. The highest BCUT2D eigenvalue weighted by Crippen LogP contribution is 2.03. The molecular weight excluding hydrogens is 298 g/mol. The number of ether oxygens (including phenoxy) is 1. The lowest BCUT2D eigenvalue weighted by molar-refractivity contribution is -0.116. The maximum atomic E-state index is 11.7. The normalized spacial score (nSPS) is 12.0. The van der Waals surface area contributed by atoms with Crippen molar-refractivity contribution in [3.8, 4) is 6.07 Å². The minimum absolute atomic E-state index is 0.118. The maximum absolute atomic E-state index is 11.7. The van der Waals surface area contributed by atoms with Crippen molar-refractivity contribution in [2.75, 3.05) is 13.2 Å². The molecule has 7 heteroatoms. The molecule has 0 bridgehead atoms. The fourth-order valence-electron chi connectivity index (χ4n) is 1.75. The van der Waals surface area contributed by atoms with Gasteiger partial charge in [-0.15, -0.1) is 0 Å². The van der Waals surface area contributed by atoms with Crippen LogP contribution in [-0.4, -0.2) is 36.4 Å². The summed E-state index contributed by atoms with van der Waals surface area (Å²) in [5.74, 6) is -0.866. The van der Waals surface area contributed by atoms with Gasteiger partial charge in [-0.1, -0.05) is 30.3 Å². The monoisotopic (exact) mass is 317 g/mol. The van der Waals surface area contributed by atoms with Gasteiger partial charge in [0.05, 0.1) is 19.3 Å². The Morgan fingerprint density at radius 2 is 2.09 bits per heavy atom. The van der Waals surface area contributed by atoms with Gasteiger partial charge >= 0.3 is 6.09 Å². The molecule has 1 rings (SSSR count). The Morgan fingerprint density at radius 1 is 1.39 bits per heavy atom. The molecule has 1 aromatic carbocycles. The average molecular weight is 317 g/mol. The maximum Gasteiger partial charge on any atom is 0.414 e. The van der Waals surface area contributed by atoms with Crippen molar-refractivity contribution in [2.45, 2.75) is 19.4 Å². The second-order valence-corrected chi connectivity index (χ2v) is 4.58. The summed E-state index contributed by atoms with van der Waals surface area (Å²) >= 11 is 0. The molecule has 23 heavy (non-hydrogen) atoms. The van der Waals surface area contributed by atoms with Crippen LogP contribution in [0.5, 0.6) is 0 Å². The molecule has 7 nitrogen and oxygen atoms in total. The number of aliphatic hydroxyl groups is 1. The van der Waals surface area contributed by atoms with E-state index in [-0.39, 0.29) is 24.8 Å². The number of benzene rings is 1. The third-order valence-corrected chi connectivity index (χ3v) is 2.86. The second-order valence-electron chi connectivity index (χ2n) is 4.58.